The van der Waals surface area contributed by atoms with Crippen molar-refractivity contribution in [1.82, 2.24) is 4.90 Å². The van der Waals surface area contributed by atoms with Gasteiger partial charge in [-0.3, -0.25) is 4.79 Å². The second kappa shape index (κ2) is 6.63. The first-order valence-electron chi connectivity index (χ1n) is 8.12. The maximum Gasteiger partial charge on any atom is 0.339 e. The number of furan rings is 1. The Morgan fingerprint density at radius 2 is 2.12 bits per heavy atom. The fraction of sp³-hybridized carbons (Fsp3) is 0.368. The quantitative estimate of drug-likeness (QED) is 0.872. The molecule has 0 saturated heterocycles. The lowest BCUT2D eigenvalue weighted by molar-refractivity contribution is -0.132. The maximum absolute atomic E-state index is 12.6. The predicted octanol–water partition coefficient (Wildman–Crippen LogP) is 3.06. The van der Waals surface area contributed by atoms with E-state index in [0.717, 1.165) is 17.7 Å². The number of carbonyl (C=O) groups is 2. The smallest absolute Gasteiger partial charge is 0.339 e. The van der Waals surface area contributed by atoms with Crippen LogP contribution < -0.4 is 4.74 Å². The van der Waals surface area contributed by atoms with Crippen molar-refractivity contribution >= 4 is 11.9 Å². The van der Waals surface area contributed by atoms with E-state index in [1.54, 1.807) is 26.0 Å². The van der Waals surface area contributed by atoms with Crippen molar-refractivity contribution in [2.45, 2.75) is 25.8 Å². The van der Waals surface area contributed by atoms with Gasteiger partial charge in [-0.2, -0.15) is 0 Å². The summed E-state index contributed by atoms with van der Waals surface area (Å²) in [5.41, 5.74) is 1.24. The third-order valence-corrected chi connectivity index (χ3v) is 4.60. The van der Waals surface area contributed by atoms with Gasteiger partial charge in [0.1, 0.15) is 22.8 Å². The van der Waals surface area contributed by atoms with Crippen LogP contribution in [0.4, 0.5) is 0 Å². The summed E-state index contributed by atoms with van der Waals surface area (Å²) in [4.78, 5) is 25.3. The van der Waals surface area contributed by atoms with Crippen LogP contribution in [-0.2, 0) is 11.3 Å². The number of hydrogen-bond donors (Lipinski definition) is 1. The van der Waals surface area contributed by atoms with Gasteiger partial charge in [0.05, 0.1) is 13.7 Å². The molecule has 132 valence electrons. The monoisotopic (exact) mass is 343 g/mol. The summed E-state index contributed by atoms with van der Waals surface area (Å²) in [6.07, 6.45) is 0.813. The van der Waals surface area contributed by atoms with E-state index in [4.69, 9.17) is 14.3 Å². The van der Waals surface area contributed by atoms with Crippen LogP contribution in [0.1, 0.15) is 39.8 Å². The molecule has 25 heavy (non-hydrogen) atoms. The van der Waals surface area contributed by atoms with Crippen molar-refractivity contribution in [3.05, 3.63) is 53.0 Å². The number of hydrogen-bond acceptors (Lipinski definition) is 4. The number of aryl methyl sites for hydroxylation is 1. The Morgan fingerprint density at radius 1 is 1.36 bits per heavy atom. The molecule has 1 fully saturated rings. The summed E-state index contributed by atoms with van der Waals surface area (Å²) in [6.45, 7) is 1.86. The minimum atomic E-state index is -1.03. The van der Waals surface area contributed by atoms with Gasteiger partial charge in [0.2, 0.25) is 5.91 Å². The minimum Gasteiger partial charge on any atom is -0.497 e. The highest BCUT2D eigenvalue weighted by atomic mass is 16.5. The Balaban J connectivity index is 1.64. The molecule has 2 unspecified atom stereocenters. The van der Waals surface area contributed by atoms with Crippen molar-refractivity contribution in [3.63, 3.8) is 0 Å². The van der Waals surface area contributed by atoms with Crippen LogP contribution >= 0.6 is 0 Å². The van der Waals surface area contributed by atoms with Gasteiger partial charge in [0, 0.05) is 13.0 Å². The lowest BCUT2D eigenvalue weighted by atomic mass is 10.1. The van der Waals surface area contributed by atoms with E-state index < -0.39 is 5.97 Å². The number of carboxylic acid groups (broad SMARTS) is 1. The predicted molar refractivity (Wildman–Crippen MR) is 90.7 cm³/mol. The number of carbonyl (C=O) groups excluding carboxylic acids is 1. The summed E-state index contributed by atoms with van der Waals surface area (Å²) < 4.78 is 10.7. The fourth-order valence-electron chi connectivity index (χ4n) is 3.14. The normalized spacial score (nSPS) is 18.7. The molecule has 6 nitrogen and oxygen atoms in total. The van der Waals surface area contributed by atoms with Gasteiger partial charge in [0.25, 0.3) is 0 Å². The maximum atomic E-state index is 12.6. The SMILES string of the molecule is COc1cccc(C2CC2C(=O)N(C)Cc2cc(C(=O)O)c(C)o2)c1. The van der Waals surface area contributed by atoms with Crippen molar-refractivity contribution in [1.29, 1.82) is 0 Å². The van der Waals surface area contributed by atoms with Crippen LogP contribution in [0.5, 0.6) is 5.75 Å². The molecule has 2 aromatic rings. The lowest BCUT2D eigenvalue weighted by Gasteiger charge is -2.16. The van der Waals surface area contributed by atoms with E-state index in [9.17, 15) is 9.59 Å². The number of ether oxygens (including phenoxy) is 1. The second-order valence-electron chi connectivity index (χ2n) is 6.41. The van der Waals surface area contributed by atoms with Crippen molar-refractivity contribution in [2.75, 3.05) is 14.2 Å². The molecular formula is C19H21NO5. The zero-order chi connectivity index (χ0) is 18.1. The number of aromatic carboxylic acids is 1. The first kappa shape index (κ1) is 17.1. The number of carboxylic acids is 1. The second-order valence-corrected chi connectivity index (χ2v) is 6.41. The number of methoxy groups -OCH3 is 1. The van der Waals surface area contributed by atoms with Crippen LogP contribution in [0.15, 0.2) is 34.7 Å². The molecule has 0 radical (unpaired) electrons. The van der Waals surface area contributed by atoms with Gasteiger partial charge in [-0.15, -0.1) is 0 Å². The molecule has 6 heteroatoms. The highest BCUT2D eigenvalue weighted by Gasteiger charge is 2.45. The molecule has 1 saturated carbocycles. The van der Waals surface area contributed by atoms with Crippen LogP contribution in [0, 0.1) is 12.8 Å². The molecule has 3 rings (SSSR count). The van der Waals surface area contributed by atoms with E-state index in [0.29, 0.717) is 11.5 Å². The summed E-state index contributed by atoms with van der Waals surface area (Å²) in [6, 6.07) is 9.27. The van der Waals surface area contributed by atoms with Crippen LogP contribution in [0.2, 0.25) is 0 Å². The molecule has 1 aromatic heterocycles. The average Bonchev–Trinajstić information content (AvgIpc) is 3.31. The zero-order valence-electron chi connectivity index (χ0n) is 14.5. The summed E-state index contributed by atoms with van der Waals surface area (Å²) in [5, 5.41) is 9.07. The van der Waals surface area contributed by atoms with Crippen LogP contribution in [0.3, 0.4) is 0 Å². The summed E-state index contributed by atoms with van der Waals surface area (Å²) in [7, 11) is 3.33. The highest BCUT2D eigenvalue weighted by Crippen LogP contribution is 2.49. The van der Waals surface area contributed by atoms with E-state index in [2.05, 4.69) is 0 Å². The van der Waals surface area contributed by atoms with Gasteiger partial charge in [-0.25, -0.2) is 4.79 Å². The van der Waals surface area contributed by atoms with Gasteiger partial charge in [-0.1, -0.05) is 12.1 Å². The Bertz CT molecular complexity index is 810. The molecule has 0 aliphatic heterocycles. The molecule has 1 aliphatic rings. The molecule has 1 aliphatic carbocycles. The first-order chi connectivity index (χ1) is 11.9. The van der Waals surface area contributed by atoms with E-state index in [-0.39, 0.29) is 29.9 Å². The van der Waals surface area contributed by atoms with Crippen molar-refractivity contribution in [3.8, 4) is 5.75 Å². The Labute approximate surface area is 146 Å². The number of benzene rings is 1. The van der Waals surface area contributed by atoms with Crippen molar-refractivity contribution in [2.24, 2.45) is 5.92 Å². The van der Waals surface area contributed by atoms with Gasteiger partial charge in [0.15, 0.2) is 0 Å². The summed E-state index contributed by atoms with van der Waals surface area (Å²) >= 11 is 0. The molecule has 0 bridgehead atoms. The minimum absolute atomic E-state index is 0.0405. The molecule has 1 N–H and O–H groups in total. The lowest BCUT2D eigenvalue weighted by Crippen LogP contribution is -2.27. The number of amides is 1. The number of nitrogens with zero attached hydrogens (tertiary/aromatic N) is 1. The van der Waals surface area contributed by atoms with E-state index in [1.165, 1.54) is 6.07 Å². The average molecular weight is 343 g/mol. The highest BCUT2D eigenvalue weighted by molar-refractivity contribution is 5.89. The molecule has 1 heterocycles. The van der Waals surface area contributed by atoms with Gasteiger partial charge >= 0.3 is 5.97 Å². The van der Waals surface area contributed by atoms with Gasteiger partial charge < -0.3 is 19.2 Å². The third kappa shape index (κ3) is 3.52. The standard InChI is InChI=1S/C19H21NO5/c1-11-15(19(22)23)8-14(25-11)10-20(2)18(21)17-9-16(17)12-5-4-6-13(7-12)24-3/h4-8,16-17H,9-10H2,1-3H3,(H,22,23). The topological polar surface area (TPSA) is 80.0 Å². The molecule has 2 atom stereocenters. The third-order valence-electron chi connectivity index (χ3n) is 4.60. The van der Waals surface area contributed by atoms with E-state index in [1.807, 2.05) is 24.3 Å². The molecule has 0 spiro atoms. The van der Waals surface area contributed by atoms with E-state index >= 15 is 0 Å². The molecule has 1 aromatic carbocycles. The first-order valence-corrected chi connectivity index (χ1v) is 8.12. The molecular weight excluding hydrogens is 322 g/mol. The van der Waals surface area contributed by atoms with Crippen molar-refractivity contribution < 1.29 is 23.8 Å². The van der Waals surface area contributed by atoms with Crippen LogP contribution in [0.25, 0.3) is 0 Å². The van der Waals surface area contributed by atoms with Crippen LogP contribution in [-0.4, -0.2) is 36.0 Å². The summed E-state index contributed by atoms with van der Waals surface area (Å²) in [5.74, 6) is 0.787. The molecule has 1 amide bonds. The number of rotatable bonds is 6. The van der Waals surface area contributed by atoms with Gasteiger partial charge in [-0.05, 0) is 43.0 Å². The fourth-order valence-corrected chi connectivity index (χ4v) is 3.14. The Kier molecular flexibility index (Phi) is 4.53. The largest absolute Gasteiger partial charge is 0.497 e. The Morgan fingerprint density at radius 3 is 2.76 bits per heavy atom. The Hall–Kier alpha value is -2.76. The zero-order valence-corrected chi connectivity index (χ0v) is 14.5.